The highest BCUT2D eigenvalue weighted by molar-refractivity contribution is 5.81. The molecule has 1 aliphatic heterocycles. The number of esters is 2. The topological polar surface area (TPSA) is 88.1 Å². The third-order valence-corrected chi connectivity index (χ3v) is 4.39. The van der Waals surface area contributed by atoms with Crippen molar-refractivity contribution in [1.82, 2.24) is 0 Å². The van der Waals surface area contributed by atoms with Gasteiger partial charge in [0.1, 0.15) is 13.2 Å². The predicted octanol–water partition coefficient (Wildman–Crippen LogP) is 3.10. The van der Waals surface area contributed by atoms with Gasteiger partial charge in [0.05, 0.1) is 5.41 Å². The summed E-state index contributed by atoms with van der Waals surface area (Å²) in [6.07, 6.45) is -0.782. The van der Waals surface area contributed by atoms with Gasteiger partial charge in [-0.2, -0.15) is 0 Å². The van der Waals surface area contributed by atoms with E-state index in [4.69, 9.17) is 14.2 Å². The molecule has 0 aromatic rings. The van der Waals surface area contributed by atoms with Gasteiger partial charge in [0.2, 0.25) is 0 Å². The largest absolute Gasteiger partial charge is 0.508 e. The Kier molecular flexibility index (Phi) is 6.48. The fraction of sp³-hybridized carbons (Fsp3) is 0.833. The molecule has 7 nitrogen and oxygen atoms in total. The summed E-state index contributed by atoms with van der Waals surface area (Å²) in [7, 11) is 0. The van der Waals surface area contributed by atoms with E-state index in [-0.39, 0.29) is 24.0 Å². The fourth-order valence-corrected chi connectivity index (χ4v) is 2.66. The number of hydrogen-bond acceptors (Lipinski definition) is 7. The van der Waals surface area contributed by atoms with Crippen LogP contribution in [0, 0.1) is 16.2 Å². The van der Waals surface area contributed by atoms with E-state index >= 15 is 0 Å². The first kappa shape index (κ1) is 21.3. The summed E-state index contributed by atoms with van der Waals surface area (Å²) in [5.41, 5.74) is -1.16. The van der Waals surface area contributed by atoms with E-state index in [2.05, 4.69) is 25.5 Å². The molecule has 7 heteroatoms. The van der Waals surface area contributed by atoms with Crippen LogP contribution in [0.25, 0.3) is 0 Å². The Morgan fingerprint density at radius 3 is 2.12 bits per heavy atom. The first-order valence-electron chi connectivity index (χ1n) is 8.41. The van der Waals surface area contributed by atoms with Gasteiger partial charge in [-0.1, -0.05) is 41.5 Å². The van der Waals surface area contributed by atoms with Crippen LogP contribution in [0.1, 0.15) is 54.9 Å². The lowest BCUT2D eigenvalue weighted by Crippen LogP contribution is -2.44. The highest BCUT2D eigenvalue weighted by Gasteiger charge is 2.47. The fourth-order valence-electron chi connectivity index (χ4n) is 2.66. The maximum absolute atomic E-state index is 12.7. The maximum atomic E-state index is 12.7. The van der Waals surface area contributed by atoms with Crippen LogP contribution in [0.5, 0.6) is 0 Å². The first-order valence-corrected chi connectivity index (χ1v) is 8.41. The molecule has 2 unspecified atom stereocenters. The quantitative estimate of drug-likeness (QED) is 0.532. The number of carbonyl (C=O) groups excluding carboxylic acids is 3. The van der Waals surface area contributed by atoms with Gasteiger partial charge >= 0.3 is 18.1 Å². The van der Waals surface area contributed by atoms with Crippen LogP contribution >= 0.6 is 0 Å². The number of cyclic esters (lactones) is 2. The van der Waals surface area contributed by atoms with Crippen molar-refractivity contribution in [2.75, 3.05) is 19.8 Å². The monoisotopic (exact) mass is 358 g/mol. The van der Waals surface area contributed by atoms with Crippen molar-refractivity contribution in [3.8, 4) is 0 Å². The molecule has 144 valence electrons. The Balaban J connectivity index is 2.56. The van der Waals surface area contributed by atoms with E-state index in [1.807, 2.05) is 27.7 Å². The van der Waals surface area contributed by atoms with Crippen molar-refractivity contribution in [3.05, 3.63) is 0 Å². The molecular formula is C18H30O7. The van der Waals surface area contributed by atoms with Crippen LogP contribution < -0.4 is 0 Å². The van der Waals surface area contributed by atoms with Gasteiger partial charge in [0.25, 0.3) is 0 Å². The van der Waals surface area contributed by atoms with Crippen molar-refractivity contribution in [2.24, 2.45) is 16.2 Å². The zero-order valence-corrected chi connectivity index (χ0v) is 16.3. The molecule has 25 heavy (non-hydrogen) atoms. The number of carbonyl (C=O) groups is 3. The lowest BCUT2D eigenvalue weighted by atomic mass is 9.61. The van der Waals surface area contributed by atoms with Gasteiger partial charge in [-0.05, 0) is 24.2 Å². The van der Waals surface area contributed by atoms with Gasteiger partial charge in [-0.3, -0.25) is 4.79 Å². The molecule has 0 radical (unpaired) electrons. The lowest BCUT2D eigenvalue weighted by molar-refractivity contribution is -0.172. The molecule has 0 aromatic carbocycles. The Morgan fingerprint density at radius 2 is 1.68 bits per heavy atom. The Hall–Kier alpha value is -1.79. The minimum Gasteiger partial charge on any atom is -0.459 e. The van der Waals surface area contributed by atoms with E-state index in [0.29, 0.717) is 6.42 Å². The Morgan fingerprint density at radius 1 is 1.08 bits per heavy atom. The summed E-state index contributed by atoms with van der Waals surface area (Å²) in [4.78, 5) is 35.2. The summed E-state index contributed by atoms with van der Waals surface area (Å²) in [5.74, 6) is -1.12. The van der Waals surface area contributed by atoms with Gasteiger partial charge in [-0.25, -0.2) is 9.59 Å². The standard InChI is InChI=1S/C18H30O7/c1-16(2,3)11-18(7,17(4,5)6)14(20)23-10-13(19)22-8-12-9-24-15(21)25-12/h12H,8-11H2,1-7H3. The number of hydrogen-bond donors (Lipinski definition) is 0. The van der Waals surface area contributed by atoms with E-state index in [9.17, 15) is 14.4 Å². The maximum Gasteiger partial charge on any atom is 0.508 e. The molecule has 0 spiro atoms. The Bertz CT molecular complexity index is 512. The van der Waals surface area contributed by atoms with Crippen LogP contribution in [0.3, 0.4) is 0 Å². The van der Waals surface area contributed by atoms with Crippen molar-refractivity contribution in [3.63, 3.8) is 0 Å². The molecule has 1 rings (SSSR count). The number of ether oxygens (including phenoxy) is 4. The molecule has 0 amide bonds. The third kappa shape index (κ3) is 6.21. The lowest BCUT2D eigenvalue weighted by Gasteiger charge is -2.43. The predicted molar refractivity (Wildman–Crippen MR) is 89.8 cm³/mol. The van der Waals surface area contributed by atoms with Crippen LogP contribution in [-0.2, 0) is 28.5 Å². The molecule has 0 bridgehead atoms. The molecule has 1 fully saturated rings. The first-order chi connectivity index (χ1) is 11.2. The molecule has 0 saturated carbocycles. The third-order valence-electron chi connectivity index (χ3n) is 4.39. The SMILES string of the molecule is CC(C)(C)CC(C)(C(=O)OCC(=O)OCC1COC(=O)O1)C(C)(C)C. The summed E-state index contributed by atoms with van der Waals surface area (Å²) in [5, 5.41) is 0. The van der Waals surface area contributed by atoms with Crippen LogP contribution in [-0.4, -0.2) is 44.0 Å². The van der Waals surface area contributed by atoms with E-state index in [1.54, 1.807) is 0 Å². The highest BCUT2D eigenvalue weighted by Crippen LogP contribution is 2.47. The Labute approximate surface area is 149 Å². The van der Waals surface area contributed by atoms with Crippen molar-refractivity contribution < 1.29 is 33.3 Å². The minimum atomic E-state index is -0.782. The van der Waals surface area contributed by atoms with Crippen LogP contribution in [0.4, 0.5) is 4.79 Å². The van der Waals surface area contributed by atoms with Gasteiger partial charge < -0.3 is 18.9 Å². The molecule has 0 N–H and O–H groups in total. The van der Waals surface area contributed by atoms with Gasteiger partial charge in [0, 0.05) is 0 Å². The zero-order chi connectivity index (χ0) is 19.5. The average molecular weight is 358 g/mol. The van der Waals surface area contributed by atoms with Crippen molar-refractivity contribution in [2.45, 2.75) is 61.0 Å². The second-order valence-corrected chi connectivity index (χ2v) is 8.88. The molecule has 0 aromatic heterocycles. The van der Waals surface area contributed by atoms with E-state index in [0.717, 1.165) is 0 Å². The molecule has 0 aliphatic carbocycles. The zero-order valence-electron chi connectivity index (χ0n) is 16.3. The molecule has 1 heterocycles. The smallest absolute Gasteiger partial charge is 0.459 e. The van der Waals surface area contributed by atoms with Crippen LogP contribution in [0.15, 0.2) is 0 Å². The van der Waals surface area contributed by atoms with Crippen molar-refractivity contribution >= 4 is 18.1 Å². The second kappa shape index (κ2) is 7.62. The molecular weight excluding hydrogens is 328 g/mol. The summed E-state index contributed by atoms with van der Waals surface area (Å²) in [6.45, 7) is 13.4. The molecule has 1 saturated heterocycles. The minimum absolute atomic E-state index is 0.0412. The van der Waals surface area contributed by atoms with E-state index in [1.165, 1.54) is 0 Å². The van der Waals surface area contributed by atoms with Gasteiger partial charge in [-0.15, -0.1) is 0 Å². The second-order valence-electron chi connectivity index (χ2n) is 8.88. The summed E-state index contributed by atoms with van der Waals surface area (Å²) < 4.78 is 19.5. The normalized spacial score (nSPS) is 20.3. The summed E-state index contributed by atoms with van der Waals surface area (Å²) in [6, 6.07) is 0. The highest BCUT2D eigenvalue weighted by atomic mass is 16.8. The van der Waals surface area contributed by atoms with Crippen LogP contribution in [0.2, 0.25) is 0 Å². The molecule has 1 aliphatic rings. The van der Waals surface area contributed by atoms with E-state index < -0.39 is 36.2 Å². The average Bonchev–Trinajstić information content (AvgIpc) is 2.85. The van der Waals surface area contributed by atoms with Gasteiger partial charge in [0.15, 0.2) is 12.7 Å². The van der Waals surface area contributed by atoms with Crippen molar-refractivity contribution in [1.29, 1.82) is 0 Å². The summed E-state index contributed by atoms with van der Waals surface area (Å²) >= 11 is 0. The molecule has 2 atom stereocenters. The number of rotatable bonds is 6.